The van der Waals surface area contributed by atoms with Gasteiger partial charge in [0, 0.05) is 18.9 Å². The number of aryl methyl sites for hydroxylation is 3. The van der Waals surface area contributed by atoms with E-state index in [0.717, 1.165) is 11.4 Å². The molecule has 1 aromatic carbocycles. The van der Waals surface area contributed by atoms with Crippen molar-refractivity contribution in [2.75, 3.05) is 5.32 Å². The SMILES string of the molecule is Cc1ccc(NC(=S)NCc2ccnn2C)cc1C. The normalized spacial score (nSPS) is 10.3. The second kappa shape index (κ2) is 5.84. The number of thiocarbonyl (C=S) groups is 1. The van der Waals surface area contributed by atoms with E-state index in [1.807, 2.05) is 23.9 Å². The molecule has 0 aliphatic heterocycles. The van der Waals surface area contributed by atoms with Crippen LogP contribution in [0.15, 0.2) is 30.5 Å². The first-order chi connectivity index (χ1) is 9.06. The lowest BCUT2D eigenvalue weighted by Crippen LogP contribution is -2.28. The molecule has 100 valence electrons. The van der Waals surface area contributed by atoms with Gasteiger partial charge in [0.2, 0.25) is 0 Å². The van der Waals surface area contributed by atoms with Gasteiger partial charge in [-0.1, -0.05) is 6.07 Å². The summed E-state index contributed by atoms with van der Waals surface area (Å²) in [6, 6.07) is 8.17. The second-order valence-electron chi connectivity index (χ2n) is 4.55. The van der Waals surface area contributed by atoms with Gasteiger partial charge in [-0.25, -0.2) is 0 Å². The van der Waals surface area contributed by atoms with Gasteiger partial charge in [-0.05, 0) is 55.4 Å². The minimum atomic E-state index is 0.615. The van der Waals surface area contributed by atoms with Gasteiger partial charge in [0.1, 0.15) is 0 Å². The van der Waals surface area contributed by atoms with E-state index < -0.39 is 0 Å². The third kappa shape index (κ3) is 3.54. The maximum absolute atomic E-state index is 5.28. The van der Waals surface area contributed by atoms with E-state index in [1.54, 1.807) is 6.20 Å². The molecule has 0 atom stereocenters. The van der Waals surface area contributed by atoms with E-state index >= 15 is 0 Å². The zero-order valence-electron chi connectivity index (χ0n) is 11.4. The van der Waals surface area contributed by atoms with Crippen LogP contribution in [0.3, 0.4) is 0 Å². The third-order valence-electron chi connectivity index (χ3n) is 3.12. The Balaban J connectivity index is 1.91. The number of benzene rings is 1. The van der Waals surface area contributed by atoms with Crippen LogP contribution < -0.4 is 10.6 Å². The molecule has 0 spiro atoms. The molecule has 1 aromatic heterocycles. The van der Waals surface area contributed by atoms with Gasteiger partial charge in [0.05, 0.1) is 12.2 Å². The maximum Gasteiger partial charge on any atom is 0.171 e. The Kier molecular flexibility index (Phi) is 4.16. The first-order valence-corrected chi connectivity index (χ1v) is 6.56. The van der Waals surface area contributed by atoms with Gasteiger partial charge in [-0.3, -0.25) is 4.68 Å². The molecule has 4 nitrogen and oxygen atoms in total. The fourth-order valence-corrected chi connectivity index (χ4v) is 1.93. The largest absolute Gasteiger partial charge is 0.357 e. The Hall–Kier alpha value is -1.88. The minimum absolute atomic E-state index is 0.615. The van der Waals surface area contributed by atoms with E-state index in [2.05, 4.69) is 41.7 Å². The van der Waals surface area contributed by atoms with Crippen LogP contribution in [0.2, 0.25) is 0 Å². The van der Waals surface area contributed by atoms with Crippen molar-refractivity contribution in [3.8, 4) is 0 Å². The van der Waals surface area contributed by atoms with Crippen LogP contribution in [0, 0.1) is 13.8 Å². The summed E-state index contributed by atoms with van der Waals surface area (Å²) in [4.78, 5) is 0. The van der Waals surface area contributed by atoms with Gasteiger partial charge in [0.25, 0.3) is 0 Å². The van der Waals surface area contributed by atoms with Gasteiger partial charge in [-0.2, -0.15) is 5.10 Å². The number of rotatable bonds is 3. The average Bonchev–Trinajstić information content (AvgIpc) is 2.77. The number of anilines is 1. The predicted octanol–water partition coefficient (Wildman–Crippen LogP) is 2.52. The maximum atomic E-state index is 5.28. The van der Waals surface area contributed by atoms with E-state index in [4.69, 9.17) is 12.2 Å². The van der Waals surface area contributed by atoms with Gasteiger partial charge >= 0.3 is 0 Å². The standard InChI is InChI=1S/C14H18N4S/c1-10-4-5-12(8-11(10)2)17-14(19)15-9-13-6-7-16-18(13)3/h4-8H,9H2,1-3H3,(H2,15,17,19). The molecule has 0 amide bonds. The third-order valence-corrected chi connectivity index (χ3v) is 3.36. The molecular formula is C14H18N4S. The molecule has 0 radical (unpaired) electrons. The first kappa shape index (κ1) is 13.5. The smallest absolute Gasteiger partial charge is 0.171 e. The Morgan fingerprint density at radius 1 is 1.26 bits per heavy atom. The second-order valence-corrected chi connectivity index (χ2v) is 4.96. The molecule has 5 heteroatoms. The number of hydrogen-bond acceptors (Lipinski definition) is 2. The Bertz CT molecular complexity index is 589. The molecule has 2 rings (SSSR count). The lowest BCUT2D eigenvalue weighted by atomic mass is 10.1. The molecule has 0 aliphatic carbocycles. The van der Waals surface area contributed by atoms with E-state index in [9.17, 15) is 0 Å². The van der Waals surface area contributed by atoms with E-state index in [-0.39, 0.29) is 0 Å². The van der Waals surface area contributed by atoms with Crippen molar-refractivity contribution in [1.82, 2.24) is 15.1 Å². The van der Waals surface area contributed by atoms with Crippen molar-refractivity contribution >= 4 is 23.0 Å². The number of aromatic nitrogens is 2. The number of hydrogen-bond donors (Lipinski definition) is 2. The first-order valence-electron chi connectivity index (χ1n) is 6.15. The molecule has 19 heavy (non-hydrogen) atoms. The van der Waals surface area contributed by atoms with Crippen LogP contribution in [0.1, 0.15) is 16.8 Å². The van der Waals surface area contributed by atoms with E-state index in [0.29, 0.717) is 11.7 Å². The van der Waals surface area contributed by atoms with Crippen LogP contribution >= 0.6 is 12.2 Å². The summed E-state index contributed by atoms with van der Waals surface area (Å²) in [5.41, 5.74) is 4.62. The molecule has 1 heterocycles. The predicted molar refractivity (Wildman–Crippen MR) is 82.2 cm³/mol. The topological polar surface area (TPSA) is 41.9 Å². The van der Waals surface area contributed by atoms with Crippen LogP contribution in [0.4, 0.5) is 5.69 Å². The summed E-state index contributed by atoms with van der Waals surface area (Å²) in [5, 5.41) is 11.1. The van der Waals surface area contributed by atoms with Crippen LogP contribution in [-0.4, -0.2) is 14.9 Å². The van der Waals surface area contributed by atoms with Gasteiger partial charge < -0.3 is 10.6 Å². The molecule has 0 aliphatic rings. The van der Waals surface area contributed by atoms with Crippen molar-refractivity contribution in [3.05, 3.63) is 47.3 Å². The van der Waals surface area contributed by atoms with Crippen molar-refractivity contribution in [1.29, 1.82) is 0 Å². The summed E-state index contributed by atoms with van der Waals surface area (Å²) in [6.07, 6.45) is 1.77. The Labute approximate surface area is 118 Å². The highest BCUT2D eigenvalue weighted by Gasteiger charge is 2.02. The highest BCUT2D eigenvalue weighted by Crippen LogP contribution is 2.13. The number of nitrogens with zero attached hydrogens (tertiary/aromatic N) is 2. The number of nitrogens with one attached hydrogen (secondary N) is 2. The molecule has 2 aromatic rings. The van der Waals surface area contributed by atoms with Crippen LogP contribution in [-0.2, 0) is 13.6 Å². The highest BCUT2D eigenvalue weighted by molar-refractivity contribution is 7.80. The zero-order chi connectivity index (χ0) is 13.8. The van der Waals surface area contributed by atoms with Crippen molar-refractivity contribution in [2.45, 2.75) is 20.4 Å². The summed E-state index contributed by atoms with van der Waals surface area (Å²) < 4.78 is 1.83. The minimum Gasteiger partial charge on any atom is -0.357 e. The van der Waals surface area contributed by atoms with E-state index in [1.165, 1.54) is 11.1 Å². The highest BCUT2D eigenvalue weighted by atomic mass is 32.1. The monoisotopic (exact) mass is 274 g/mol. The quantitative estimate of drug-likeness (QED) is 0.844. The Morgan fingerprint density at radius 3 is 2.68 bits per heavy atom. The van der Waals surface area contributed by atoms with Crippen molar-refractivity contribution < 1.29 is 0 Å². The van der Waals surface area contributed by atoms with Crippen molar-refractivity contribution in [3.63, 3.8) is 0 Å². The molecule has 2 N–H and O–H groups in total. The summed E-state index contributed by atoms with van der Waals surface area (Å²) in [6.45, 7) is 4.85. The molecule has 0 unspecified atom stereocenters. The molecular weight excluding hydrogens is 256 g/mol. The van der Waals surface area contributed by atoms with Crippen molar-refractivity contribution in [2.24, 2.45) is 7.05 Å². The zero-order valence-corrected chi connectivity index (χ0v) is 12.2. The molecule has 0 saturated heterocycles. The summed E-state index contributed by atoms with van der Waals surface area (Å²) >= 11 is 5.28. The fourth-order valence-electron chi connectivity index (χ4n) is 1.74. The lowest BCUT2D eigenvalue weighted by Gasteiger charge is -2.11. The molecule has 0 saturated carbocycles. The molecule has 0 fully saturated rings. The van der Waals surface area contributed by atoms with Gasteiger partial charge in [-0.15, -0.1) is 0 Å². The summed E-state index contributed by atoms with van der Waals surface area (Å²) in [7, 11) is 1.91. The Morgan fingerprint density at radius 2 is 2.05 bits per heavy atom. The fraction of sp³-hybridized carbons (Fsp3) is 0.286. The average molecular weight is 274 g/mol. The summed E-state index contributed by atoms with van der Waals surface area (Å²) in [5.74, 6) is 0. The molecule has 0 bridgehead atoms. The lowest BCUT2D eigenvalue weighted by molar-refractivity contribution is 0.695. The van der Waals surface area contributed by atoms with Gasteiger partial charge in [0.15, 0.2) is 5.11 Å². The van der Waals surface area contributed by atoms with Crippen LogP contribution in [0.25, 0.3) is 0 Å². The van der Waals surface area contributed by atoms with Crippen LogP contribution in [0.5, 0.6) is 0 Å².